The van der Waals surface area contributed by atoms with Crippen molar-refractivity contribution in [2.75, 3.05) is 20.8 Å². The topological polar surface area (TPSA) is 61.8 Å². The quantitative estimate of drug-likeness (QED) is 0.795. The lowest BCUT2D eigenvalue weighted by molar-refractivity contribution is -0.143. The van der Waals surface area contributed by atoms with Gasteiger partial charge in [0.25, 0.3) is 0 Å². The first-order valence-electron chi connectivity index (χ1n) is 5.28. The van der Waals surface area contributed by atoms with Crippen molar-refractivity contribution in [1.29, 1.82) is 0 Å². The summed E-state index contributed by atoms with van der Waals surface area (Å²) in [4.78, 5) is 22.4. The Morgan fingerprint density at radius 2 is 1.80 bits per heavy atom. The average molecular weight is 292 g/mol. The van der Waals surface area contributed by atoms with Crippen molar-refractivity contribution in [1.82, 2.24) is 0 Å². The molecular weight excluding hydrogens is 281 g/mol. The van der Waals surface area contributed by atoms with E-state index in [0.717, 1.165) is 26.4 Å². The number of carbonyl (C=O) groups is 2. The molecule has 0 amide bonds. The molecule has 0 heterocycles. The number of hydrogen-bond donors (Lipinski definition) is 0. The molecule has 1 aromatic carbocycles. The smallest absolute Gasteiger partial charge is 0.416 e. The van der Waals surface area contributed by atoms with Crippen molar-refractivity contribution in [3.8, 4) is 5.75 Å². The molecule has 110 valence electrons. The van der Waals surface area contributed by atoms with Crippen LogP contribution in [0.5, 0.6) is 5.75 Å². The maximum atomic E-state index is 12.6. The predicted molar refractivity (Wildman–Crippen MR) is 60.3 cm³/mol. The van der Waals surface area contributed by atoms with Crippen LogP contribution in [0.15, 0.2) is 18.2 Å². The Morgan fingerprint density at radius 3 is 2.30 bits per heavy atom. The lowest BCUT2D eigenvalue weighted by Gasteiger charge is -2.12. The molecule has 1 rings (SSSR count). The highest BCUT2D eigenvalue weighted by Crippen LogP contribution is 2.32. The number of esters is 2. The van der Waals surface area contributed by atoms with Gasteiger partial charge < -0.3 is 14.2 Å². The summed E-state index contributed by atoms with van der Waals surface area (Å²) in [7, 11) is 2.15. The molecular formula is C12H11F3O5. The molecule has 1 aromatic rings. The summed E-state index contributed by atoms with van der Waals surface area (Å²) >= 11 is 0. The Morgan fingerprint density at radius 1 is 1.15 bits per heavy atom. The van der Waals surface area contributed by atoms with Crippen molar-refractivity contribution < 1.29 is 37.0 Å². The summed E-state index contributed by atoms with van der Waals surface area (Å²) in [6.45, 7) is -0.536. The van der Waals surface area contributed by atoms with Gasteiger partial charge >= 0.3 is 18.1 Å². The monoisotopic (exact) mass is 292 g/mol. The van der Waals surface area contributed by atoms with Gasteiger partial charge in [-0.05, 0) is 18.2 Å². The Hall–Kier alpha value is -2.25. The molecule has 0 spiro atoms. The molecule has 20 heavy (non-hydrogen) atoms. The molecule has 0 radical (unpaired) electrons. The van der Waals surface area contributed by atoms with E-state index in [1.54, 1.807) is 0 Å². The fourth-order valence-corrected chi connectivity index (χ4v) is 1.30. The first kappa shape index (κ1) is 15.8. The molecule has 0 bridgehead atoms. The Balaban J connectivity index is 3.11. The van der Waals surface area contributed by atoms with Crippen LogP contribution in [0.25, 0.3) is 0 Å². The molecule has 8 heteroatoms. The van der Waals surface area contributed by atoms with E-state index in [-0.39, 0.29) is 5.75 Å². The fourth-order valence-electron chi connectivity index (χ4n) is 1.30. The third-order valence-electron chi connectivity index (χ3n) is 2.29. The van der Waals surface area contributed by atoms with E-state index in [2.05, 4.69) is 9.47 Å². The van der Waals surface area contributed by atoms with Crippen molar-refractivity contribution in [2.24, 2.45) is 0 Å². The second kappa shape index (κ2) is 6.27. The Kier molecular flexibility index (Phi) is 4.95. The van der Waals surface area contributed by atoms with Crippen LogP contribution in [-0.2, 0) is 20.4 Å². The number of carbonyl (C=O) groups excluding carboxylic acids is 2. The zero-order valence-electron chi connectivity index (χ0n) is 10.6. The predicted octanol–water partition coefficient (Wildman–Crippen LogP) is 2.04. The van der Waals surface area contributed by atoms with E-state index in [4.69, 9.17) is 4.74 Å². The molecule has 0 unspecified atom stereocenters. The van der Waals surface area contributed by atoms with Crippen LogP contribution in [0.4, 0.5) is 13.2 Å². The summed E-state index contributed by atoms with van der Waals surface area (Å²) in [5.74, 6) is -1.94. The zero-order chi connectivity index (χ0) is 15.3. The third kappa shape index (κ3) is 3.87. The third-order valence-corrected chi connectivity index (χ3v) is 2.29. The largest absolute Gasteiger partial charge is 0.481 e. The van der Waals surface area contributed by atoms with E-state index in [1.165, 1.54) is 0 Å². The van der Waals surface area contributed by atoms with E-state index >= 15 is 0 Å². The second-order valence-corrected chi connectivity index (χ2v) is 3.57. The van der Waals surface area contributed by atoms with Crippen molar-refractivity contribution in [2.45, 2.75) is 6.18 Å². The van der Waals surface area contributed by atoms with E-state index in [1.807, 2.05) is 0 Å². The van der Waals surface area contributed by atoms with Crippen LogP contribution >= 0.6 is 0 Å². The Bertz CT molecular complexity index is 510. The molecule has 0 aliphatic rings. The molecule has 0 aliphatic carbocycles. The Labute approximate surface area is 112 Å². The van der Waals surface area contributed by atoms with Gasteiger partial charge in [0, 0.05) is 0 Å². The summed E-state index contributed by atoms with van der Waals surface area (Å²) in [5, 5.41) is 0. The van der Waals surface area contributed by atoms with Gasteiger partial charge in [0.05, 0.1) is 19.8 Å². The van der Waals surface area contributed by atoms with Gasteiger partial charge in [0.15, 0.2) is 6.61 Å². The molecule has 0 saturated heterocycles. The van der Waals surface area contributed by atoms with Crippen LogP contribution in [0.2, 0.25) is 0 Å². The van der Waals surface area contributed by atoms with Crippen molar-refractivity contribution >= 4 is 11.9 Å². The first-order valence-corrected chi connectivity index (χ1v) is 5.28. The number of ether oxygens (including phenoxy) is 3. The molecule has 0 aliphatic heterocycles. The minimum atomic E-state index is -4.61. The lowest BCUT2D eigenvalue weighted by atomic mass is 10.1. The van der Waals surface area contributed by atoms with Crippen LogP contribution in [-0.4, -0.2) is 32.8 Å². The van der Waals surface area contributed by atoms with Gasteiger partial charge in [0.2, 0.25) is 0 Å². The normalized spacial score (nSPS) is 10.8. The second-order valence-electron chi connectivity index (χ2n) is 3.57. The van der Waals surface area contributed by atoms with E-state index in [9.17, 15) is 22.8 Å². The molecule has 0 aromatic heterocycles. The highest BCUT2D eigenvalue weighted by molar-refractivity contribution is 5.92. The summed E-state index contributed by atoms with van der Waals surface area (Å²) in [6, 6.07) is 2.27. The first-order chi connectivity index (χ1) is 9.29. The van der Waals surface area contributed by atoms with Gasteiger partial charge in [-0.1, -0.05) is 0 Å². The number of hydrogen-bond acceptors (Lipinski definition) is 5. The van der Waals surface area contributed by atoms with E-state index < -0.39 is 35.8 Å². The number of methoxy groups -OCH3 is 2. The van der Waals surface area contributed by atoms with Gasteiger partial charge in [-0.3, -0.25) is 0 Å². The minimum Gasteiger partial charge on any atom is -0.481 e. The minimum absolute atomic E-state index is 0.199. The zero-order valence-corrected chi connectivity index (χ0v) is 10.6. The molecule has 0 atom stereocenters. The number of alkyl halides is 3. The maximum Gasteiger partial charge on any atom is 0.416 e. The van der Waals surface area contributed by atoms with Gasteiger partial charge in [-0.15, -0.1) is 0 Å². The maximum absolute atomic E-state index is 12.6. The summed E-state index contributed by atoms with van der Waals surface area (Å²) in [5.41, 5.74) is -1.45. The highest BCUT2D eigenvalue weighted by atomic mass is 19.4. The van der Waals surface area contributed by atoms with E-state index in [0.29, 0.717) is 6.07 Å². The molecule has 0 fully saturated rings. The number of rotatable bonds is 4. The van der Waals surface area contributed by atoms with Crippen molar-refractivity contribution in [3.63, 3.8) is 0 Å². The standard InChI is InChI=1S/C12H11F3O5/c1-18-10(16)6-20-9-4-3-7(12(13,14)15)5-8(9)11(17)19-2/h3-5H,6H2,1-2H3. The van der Waals surface area contributed by atoms with Gasteiger partial charge in [0.1, 0.15) is 11.3 Å². The van der Waals surface area contributed by atoms with Gasteiger partial charge in [-0.2, -0.15) is 13.2 Å². The average Bonchev–Trinajstić information content (AvgIpc) is 2.42. The van der Waals surface area contributed by atoms with Crippen LogP contribution in [0, 0.1) is 0 Å². The van der Waals surface area contributed by atoms with Crippen LogP contribution in [0.1, 0.15) is 15.9 Å². The van der Waals surface area contributed by atoms with Gasteiger partial charge in [-0.25, -0.2) is 9.59 Å². The summed E-state index contributed by atoms with van der Waals surface area (Å²) < 4.78 is 51.3. The molecule has 0 N–H and O–H groups in total. The SMILES string of the molecule is COC(=O)COc1ccc(C(F)(F)F)cc1C(=O)OC. The summed E-state index contributed by atoms with van der Waals surface area (Å²) in [6.07, 6.45) is -4.61. The van der Waals surface area contributed by atoms with Crippen LogP contribution in [0.3, 0.4) is 0 Å². The molecule has 0 saturated carbocycles. The number of halogens is 3. The highest BCUT2D eigenvalue weighted by Gasteiger charge is 2.32. The molecule has 5 nitrogen and oxygen atoms in total. The fraction of sp³-hybridized carbons (Fsp3) is 0.333. The number of benzene rings is 1. The van der Waals surface area contributed by atoms with Crippen molar-refractivity contribution in [3.05, 3.63) is 29.3 Å². The van der Waals surface area contributed by atoms with Crippen LogP contribution < -0.4 is 4.74 Å². The lowest BCUT2D eigenvalue weighted by Crippen LogP contribution is -2.15.